The van der Waals surface area contributed by atoms with Gasteiger partial charge in [0, 0.05) is 6.54 Å². The van der Waals surface area contributed by atoms with Crippen LogP contribution in [0.1, 0.15) is 16.7 Å². The van der Waals surface area contributed by atoms with E-state index in [9.17, 15) is 9.59 Å². The summed E-state index contributed by atoms with van der Waals surface area (Å²) >= 11 is 0. The molecule has 2 amide bonds. The first-order valence-corrected chi connectivity index (χ1v) is 7.93. The summed E-state index contributed by atoms with van der Waals surface area (Å²) in [5, 5.41) is 5.16. The van der Waals surface area contributed by atoms with Gasteiger partial charge in [-0.25, -0.2) is 4.79 Å². The molecule has 132 valence electrons. The molecule has 6 heteroatoms. The Bertz CT molecular complexity index is 717. The summed E-state index contributed by atoms with van der Waals surface area (Å²) in [5.41, 5.74) is 2.83. The number of benzene rings is 2. The van der Waals surface area contributed by atoms with Gasteiger partial charge in [-0.3, -0.25) is 4.79 Å². The minimum Gasteiger partial charge on any atom is -0.496 e. The van der Waals surface area contributed by atoms with Crippen molar-refractivity contribution in [3.8, 4) is 5.75 Å². The largest absolute Gasteiger partial charge is 0.496 e. The Labute approximate surface area is 147 Å². The van der Waals surface area contributed by atoms with Crippen LogP contribution in [0.5, 0.6) is 5.75 Å². The van der Waals surface area contributed by atoms with Crippen LogP contribution in [0, 0.1) is 6.92 Å². The Morgan fingerprint density at radius 1 is 1.00 bits per heavy atom. The third-order valence-electron chi connectivity index (χ3n) is 3.57. The fourth-order valence-corrected chi connectivity index (χ4v) is 2.16. The molecule has 0 heterocycles. The van der Waals surface area contributed by atoms with Gasteiger partial charge in [-0.15, -0.1) is 0 Å². The van der Waals surface area contributed by atoms with Gasteiger partial charge in [0.05, 0.1) is 7.11 Å². The zero-order valence-electron chi connectivity index (χ0n) is 14.4. The predicted molar refractivity (Wildman–Crippen MR) is 94.2 cm³/mol. The van der Waals surface area contributed by atoms with Crippen LogP contribution in [0.4, 0.5) is 4.79 Å². The molecular weight excluding hydrogens is 320 g/mol. The number of ether oxygens (including phenoxy) is 2. The number of carbonyl (C=O) groups is 2. The number of aryl methyl sites for hydroxylation is 1. The number of hydrogen-bond acceptors (Lipinski definition) is 4. The fraction of sp³-hybridized carbons (Fsp3) is 0.263. The van der Waals surface area contributed by atoms with Gasteiger partial charge in [0.2, 0.25) is 5.91 Å². The Kier molecular flexibility index (Phi) is 6.83. The van der Waals surface area contributed by atoms with Gasteiger partial charge in [0.25, 0.3) is 0 Å². The molecule has 0 unspecified atom stereocenters. The van der Waals surface area contributed by atoms with Gasteiger partial charge in [-0.2, -0.15) is 0 Å². The third kappa shape index (κ3) is 6.18. The molecule has 0 fully saturated rings. The van der Waals surface area contributed by atoms with Gasteiger partial charge in [0.1, 0.15) is 18.9 Å². The lowest BCUT2D eigenvalue weighted by Crippen LogP contribution is -2.36. The van der Waals surface area contributed by atoms with Crippen molar-refractivity contribution in [2.45, 2.75) is 20.1 Å². The molecule has 0 aliphatic carbocycles. The summed E-state index contributed by atoms with van der Waals surface area (Å²) in [6.45, 7) is 2.33. The number of alkyl carbamates (subject to hydrolysis) is 1. The van der Waals surface area contributed by atoms with E-state index in [-0.39, 0.29) is 19.1 Å². The lowest BCUT2D eigenvalue weighted by Gasteiger charge is -2.10. The molecule has 2 aromatic carbocycles. The maximum absolute atomic E-state index is 11.8. The summed E-state index contributed by atoms with van der Waals surface area (Å²) in [7, 11) is 1.61. The summed E-state index contributed by atoms with van der Waals surface area (Å²) in [5.74, 6) is 0.477. The molecule has 2 rings (SSSR count). The van der Waals surface area contributed by atoms with Crippen LogP contribution in [0.2, 0.25) is 0 Å². The first-order chi connectivity index (χ1) is 12.1. The quantitative estimate of drug-likeness (QED) is 0.811. The summed E-state index contributed by atoms with van der Waals surface area (Å²) < 4.78 is 10.3. The topological polar surface area (TPSA) is 76.7 Å². The first-order valence-electron chi connectivity index (χ1n) is 7.93. The number of carbonyl (C=O) groups excluding carboxylic acids is 2. The highest BCUT2D eigenvalue weighted by Crippen LogP contribution is 2.18. The summed E-state index contributed by atoms with van der Waals surface area (Å²) in [4.78, 5) is 23.4. The van der Waals surface area contributed by atoms with Crippen molar-refractivity contribution >= 4 is 12.0 Å². The highest BCUT2D eigenvalue weighted by molar-refractivity contribution is 5.82. The molecule has 6 nitrogen and oxygen atoms in total. The van der Waals surface area contributed by atoms with Gasteiger partial charge in [-0.1, -0.05) is 42.5 Å². The van der Waals surface area contributed by atoms with Crippen LogP contribution in [0.25, 0.3) is 0 Å². The van der Waals surface area contributed by atoms with Crippen molar-refractivity contribution < 1.29 is 19.1 Å². The van der Waals surface area contributed by atoms with Gasteiger partial charge >= 0.3 is 6.09 Å². The zero-order valence-corrected chi connectivity index (χ0v) is 14.4. The molecule has 0 saturated carbocycles. The van der Waals surface area contributed by atoms with Crippen molar-refractivity contribution in [2.24, 2.45) is 0 Å². The second-order valence-electron chi connectivity index (χ2n) is 5.50. The van der Waals surface area contributed by atoms with Crippen molar-refractivity contribution in [3.63, 3.8) is 0 Å². The van der Waals surface area contributed by atoms with Crippen LogP contribution in [-0.2, 0) is 22.7 Å². The fourth-order valence-electron chi connectivity index (χ4n) is 2.16. The number of nitrogens with one attached hydrogen (secondary N) is 2. The minimum absolute atomic E-state index is 0.142. The monoisotopic (exact) mass is 342 g/mol. The lowest BCUT2D eigenvalue weighted by atomic mass is 10.1. The van der Waals surface area contributed by atoms with E-state index in [0.29, 0.717) is 6.54 Å². The third-order valence-corrected chi connectivity index (χ3v) is 3.57. The molecule has 0 spiro atoms. The summed E-state index contributed by atoms with van der Waals surface area (Å²) in [6, 6.07) is 15.0. The molecule has 0 aliphatic rings. The molecule has 0 aromatic heterocycles. The molecule has 0 aliphatic heterocycles. The Morgan fingerprint density at radius 3 is 2.48 bits per heavy atom. The van der Waals surface area contributed by atoms with Crippen LogP contribution in [-0.4, -0.2) is 25.7 Å². The predicted octanol–water partition coefficient (Wildman–Crippen LogP) is 2.55. The Hall–Kier alpha value is -3.02. The highest BCUT2D eigenvalue weighted by atomic mass is 16.5. The highest BCUT2D eigenvalue weighted by Gasteiger charge is 2.07. The number of methoxy groups -OCH3 is 1. The van der Waals surface area contributed by atoms with Gasteiger partial charge in [0.15, 0.2) is 0 Å². The normalized spacial score (nSPS) is 10.0. The number of hydrogen-bond donors (Lipinski definition) is 2. The molecule has 0 radical (unpaired) electrons. The van der Waals surface area contributed by atoms with E-state index in [1.807, 2.05) is 55.5 Å². The van der Waals surface area contributed by atoms with Gasteiger partial charge in [-0.05, 0) is 29.7 Å². The standard InChI is InChI=1S/C19H22N2O4/c1-14-8-9-16(10-17(14)24-2)11-20-18(22)12-21-19(23)25-13-15-6-4-3-5-7-15/h3-10H,11-13H2,1-2H3,(H,20,22)(H,21,23). The van der Waals surface area contributed by atoms with E-state index in [2.05, 4.69) is 10.6 Å². The average Bonchev–Trinajstić information content (AvgIpc) is 2.64. The van der Waals surface area contributed by atoms with E-state index >= 15 is 0 Å². The van der Waals surface area contributed by atoms with E-state index in [1.54, 1.807) is 7.11 Å². The van der Waals surface area contributed by atoms with Crippen molar-refractivity contribution in [2.75, 3.05) is 13.7 Å². The molecule has 25 heavy (non-hydrogen) atoms. The first kappa shape index (κ1) is 18.3. The van der Waals surface area contributed by atoms with E-state index in [1.165, 1.54) is 0 Å². The lowest BCUT2D eigenvalue weighted by molar-refractivity contribution is -0.120. The van der Waals surface area contributed by atoms with Crippen LogP contribution >= 0.6 is 0 Å². The zero-order chi connectivity index (χ0) is 18.1. The van der Waals surface area contributed by atoms with Crippen LogP contribution in [0.15, 0.2) is 48.5 Å². The van der Waals surface area contributed by atoms with E-state index in [0.717, 1.165) is 22.4 Å². The molecule has 2 N–H and O–H groups in total. The average molecular weight is 342 g/mol. The van der Waals surface area contributed by atoms with E-state index in [4.69, 9.17) is 9.47 Å². The number of rotatable bonds is 7. The molecular formula is C19H22N2O4. The van der Waals surface area contributed by atoms with E-state index < -0.39 is 6.09 Å². The maximum atomic E-state index is 11.8. The van der Waals surface area contributed by atoms with Crippen molar-refractivity contribution in [1.29, 1.82) is 0 Å². The van der Waals surface area contributed by atoms with Gasteiger partial charge < -0.3 is 20.1 Å². The molecule has 2 aromatic rings. The number of amides is 2. The Morgan fingerprint density at radius 2 is 1.76 bits per heavy atom. The van der Waals surface area contributed by atoms with Crippen LogP contribution in [0.3, 0.4) is 0 Å². The molecule has 0 bridgehead atoms. The summed E-state index contributed by atoms with van der Waals surface area (Å²) in [6.07, 6.45) is -0.629. The second-order valence-corrected chi connectivity index (χ2v) is 5.50. The second kappa shape index (κ2) is 9.32. The maximum Gasteiger partial charge on any atom is 0.407 e. The minimum atomic E-state index is -0.629. The molecule has 0 saturated heterocycles. The van der Waals surface area contributed by atoms with Crippen LogP contribution < -0.4 is 15.4 Å². The SMILES string of the molecule is COc1cc(CNC(=O)CNC(=O)OCc2ccccc2)ccc1C. The van der Waals surface area contributed by atoms with Crippen molar-refractivity contribution in [1.82, 2.24) is 10.6 Å². The van der Waals surface area contributed by atoms with Crippen molar-refractivity contribution in [3.05, 3.63) is 65.2 Å². The smallest absolute Gasteiger partial charge is 0.407 e. The Balaban J connectivity index is 1.69. The molecule has 0 atom stereocenters.